The highest BCUT2D eigenvalue weighted by Crippen LogP contribution is 2.24. The molecule has 0 aliphatic rings. The van der Waals surface area contributed by atoms with Crippen molar-refractivity contribution in [1.82, 2.24) is 4.90 Å². The van der Waals surface area contributed by atoms with Gasteiger partial charge in [0.15, 0.2) is 0 Å². The van der Waals surface area contributed by atoms with Crippen molar-refractivity contribution < 1.29 is 4.74 Å². The fourth-order valence-corrected chi connectivity index (χ4v) is 2.74. The van der Waals surface area contributed by atoms with Gasteiger partial charge in [0, 0.05) is 19.6 Å². The number of benzene rings is 1. The quantitative estimate of drug-likeness (QED) is 0.651. The van der Waals surface area contributed by atoms with E-state index in [9.17, 15) is 0 Å². The first-order valence-electron chi connectivity index (χ1n) is 7.42. The summed E-state index contributed by atoms with van der Waals surface area (Å²) in [4.78, 5) is 2.47. The molecule has 1 aromatic carbocycles. The van der Waals surface area contributed by atoms with Crippen LogP contribution in [0.3, 0.4) is 0 Å². The molecular weight excluding hydrogens is 270 g/mol. The minimum absolute atomic E-state index is 0.0263. The number of hydrogen-bond acceptors (Lipinski definition) is 2. The molecule has 0 saturated heterocycles. The summed E-state index contributed by atoms with van der Waals surface area (Å²) in [6.45, 7) is 12.1. The fourth-order valence-electron chi connectivity index (χ4n) is 2.40. The molecule has 0 spiro atoms. The minimum Gasteiger partial charge on any atom is -0.497 e. The lowest BCUT2D eigenvalue weighted by atomic mass is 10.1. The third kappa shape index (κ3) is 6.15. The largest absolute Gasteiger partial charge is 0.497 e. The van der Waals surface area contributed by atoms with E-state index in [0.29, 0.717) is 11.8 Å². The number of alkyl halides is 1. The van der Waals surface area contributed by atoms with E-state index in [4.69, 9.17) is 16.3 Å². The van der Waals surface area contributed by atoms with E-state index in [1.807, 2.05) is 12.1 Å². The molecule has 0 aliphatic carbocycles. The van der Waals surface area contributed by atoms with Crippen LogP contribution >= 0.6 is 11.6 Å². The smallest absolute Gasteiger partial charge is 0.118 e. The zero-order valence-electron chi connectivity index (χ0n) is 13.4. The fraction of sp³-hybridized carbons (Fsp3) is 0.647. The molecule has 1 aromatic rings. The molecule has 0 saturated carbocycles. The summed E-state index contributed by atoms with van der Waals surface area (Å²) in [7, 11) is 1.68. The van der Waals surface area contributed by atoms with Crippen LogP contribution in [0.4, 0.5) is 0 Å². The van der Waals surface area contributed by atoms with Crippen LogP contribution in [0.1, 0.15) is 38.6 Å². The molecule has 0 N–H and O–H groups in total. The Morgan fingerprint density at radius 2 is 1.45 bits per heavy atom. The van der Waals surface area contributed by atoms with Gasteiger partial charge in [-0.25, -0.2) is 0 Å². The summed E-state index contributed by atoms with van der Waals surface area (Å²) in [6.07, 6.45) is 0. The van der Waals surface area contributed by atoms with Gasteiger partial charge in [0.2, 0.25) is 0 Å². The lowest BCUT2D eigenvalue weighted by Crippen LogP contribution is -2.34. The molecule has 2 nitrogen and oxygen atoms in total. The predicted molar refractivity (Wildman–Crippen MR) is 87.7 cm³/mol. The highest BCUT2D eigenvalue weighted by atomic mass is 35.5. The average molecular weight is 298 g/mol. The highest BCUT2D eigenvalue weighted by molar-refractivity contribution is 6.21. The minimum atomic E-state index is 0.0263. The second-order valence-electron chi connectivity index (χ2n) is 6.25. The van der Waals surface area contributed by atoms with E-state index in [1.54, 1.807) is 7.11 Å². The molecule has 3 heteroatoms. The van der Waals surface area contributed by atoms with Crippen molar-refractivity contribution in [3.05, 3.63) is 29.8 Å². The summed E-state index contributed by atoms with van der Waals surface area (Å²) in [6, 6.07) is 8.05. The van der Waals surface area contributed by atoms with Crippen LogP contribution in [0, 0.1) is 11.8 Å². The van der Waals surface area contributed by atoms with Crippen LogP contribution in [0.15, 0.2) is 24.3 Å². The third-order valence-corrected chi connectivity index (χ3v) is 3.53. The van der Waals surface area contributed by atoms with Gasteiger partial charge in [-0.05, 0) is 29.5 Å². The van der Waals surface area contributed by atoms with Crippen LogP contribution in [0.25, 0.3) is 0 Å². The SMILES string of the molecule is COc1ccc(C(Cl)CN(CC(C)C)CC(C)C)cc1. The number of methoxy groups -OCH3 is 1. The molecule has 0 bridgehead atoms. The Balaban J connectivity index is 2.65. The topological polar surface area (TPSA) is 12.5 Å². The maximum absolute atomic E-state index is 6.58. The van der Waals surface area contributed by atoms with Gasteiger partial charge in [0.1, 0.15) is 5.75 Å². The number of rotatable bonds is 8. The first-order valence-corrected chi connectivity index (χ1v) is 7.86. The van der Waals surface area contributed by atoms with Crippen LogP contribution in [0.5, 0.6) is 5.75 Å². The Bertz CT molecular complexity index is 365. The normalized spacial score (nSPS) is 13.2. The molecule has 20 heavy (non-hydrogen) atoms. The molecular formula is C17H28ClNO. The van der Waals surface area contributed by atoms with E-state index in [0.717, 1.165) is 30.9 Å². The first kappa shape index (κ1) is 17.3. The Labute approximate surface area is 129 Å². The summed E-state index contributed by atoms with van der Waals surface area (Å²) < 4.78 is 5.18. The third-order valence-electron chi connectivity index (χ3n) is 3.14. The predicted octanol–water partition coefficient (Wildman–Crippen LogP) is 4.59. The molecule has 0 heterocycles. The molecule has 1 atom stereocenters. The standard InChI is InChI=1S/C17H28ClNO/c1-13(2)10-19(11-14(3)4)12-17(18)15-6-8-16(20-5)9-7-15/h6-9,13-14,17H,10-12H2,1-5H3. The van der Waals surface area contributed by atoms with Gasteiger partial charge in [0.25, 0.3) is 0 Å². The van der Waals surface area contributed by atoms with Gasteiger partial charge < -0.3 is 9.64 Å². The highest BCUT2D eigenvalue weighted by Gasteiger charge is 2.16. The Kier molecular flexibility index (Phi) is 7.39. The lowest BCUT2D eigenvalue weighted by molar-refractivity contribution is 0.219. The van der Waals surface area contributed by atoms with Gasteiger partial charge in [0.05, 0.1) is 12.5 Å². The molecule has 1 unspecified atom stereocenters. The monoisotopic (exact) mass is 297 g/mol. The van der Waals surface area contributed by atoms with Crippen LogP contribution in [-0.4, -0.2) is 31.6 Å². The molecule has 114 valence electrons. The van der Waals surface area contributed by atoms with E-state index < -0.39 is 0 Å². The van der Waals surface area contributed by atoms with Crippen molar-refractivity contribution >= 4 is 11.6 Å². The average Bonchev–Trinajstić information content (AvgIpc) is 2.37. The summed E-state index contributed by atoms with van der Waals surface area (Å²) >= 11 is 6.58. The maximum Gasteiger partial charge on any atom is 0.118 e. The summed E-state index contributed by atoms with van der Waals surface area (Å²) in [5.74, 6) is 2.20. The molecule has 0 aromatic heterocycles. The van der Waals surface area contributed by atoms with E-state index in [-0.39, 0.29) is 5.38 Å². The number of nitrogens with zero attached hydrogens (tertiary/aromatic N) is 1. The Hall–Kier alpha value is -0.730. The van der Waals surface area contributed by atoms with E-state index >= 15 is 0 Å². The van der Waals surface area contributed by atoms with Gasteiger partial charge in [-0.3, -0.25) is 0 Å². The van der Waals surface area contributed by atoms with Gasteiger partial charge in [-0.2, -0.15) is 0 Å². The second-order valence-corrected chi connectivity index (χ2v) is 6.77. The first-order chi connectivity index (χ1) is 9.42. The van der Waals surface area contributed by atoms with Gasteiger partial charge >= 0.3 is 0 Å². The molecule has 0 fully saturated rings. The molecule has 0 aliphatic heterocycles. The van der Waals surface area contributed by atoms with Crippen molar-refractivity contribution in [1.29, 1.82) is 0 Å². The van der Waals surface area contributed by atoms with Crippen molar-refractivity contribution in [3.8, 4) is 5.75 Å². The Morgan fingerprint density at radius 3 is 1.85 bits per heavy atom. The number of halogens is 1. The number of ether oxygens (including phenoxy) is 1. The van der Waals surface area contributed by atoms with Crippen molar-refractivity contribution in [2.75, 3.05) is 26.7 Å². The van der Waals surface area contributed by atoms with Gasteiger partial charge in [-0.1, -0.05) is 39.8 Å². The molecule has 0 amide bonds. The molecule has 0 radical (unpaired) electrons. The zero-order valence-corrected chi connectivity index (χ0v) is 14.2. The molecule has 1 rings (SSSR count). The summed E-state index contributed by atoms with van der Waals surface area (Å²) in [5, 5.41) is 0.0263. The van der Waals surface area contributed by atoms with Crippen molar-refractivity contribution in [3.63, 3.8) is 0 Å². The van der Waals surface area contributed by atoms with Crippen molar-refractivity contribution in [2.24, 2.45) is 11.8 Å². The Morgan fingerprint density at radius 1 is 0.950 bits per heavy atom. The lowest BCUT2D eigenvalue weighted by Gasteiger charge is -2.28. The van der Waals surface area contributed by atoms with E-state index in [1.165, 1.54) is 0 Å². The van der Waals surface area contributed by atoms with Crippen molar-refractivity contribution in [2.45, 2.75) is 33.1 Å². The second kappa shape index (κ2) is 8.53. The zero-order chi connectivity index (χ0) is 15.1. The van der Waals surface area contributed by atoms with Crippen LogP contribution in [-0.2, 0) is 0 Å². The number of hydrogen-bond donors (Lipinski definition) is 0. The van der Waals surface area contributed by atoms with Gasteiger partial charge in [-0.15, -0.1) is 11.6 Å². The van der Waals surface area contributed by atoms with Crippen LogP contribution in [0.2, 0.25) is 0 Å². The maximum atomic E-state index is 6.58. The summed E-state index contributed by atoms with van der Waals surface area (Å²) in [5.41, 5.74) is 1.16. The van der Waals surface area contributed by atoms with E-state index in [2.05, 4.69) is 44.7 Å². The van der Waals surface area contributed by atoms with Crippen LogP contribution < -0.4 is 4.74 Å².